The summed E-state index contributed by atoms with van der Waals surface area (Å²) >= 11 is 1.34. The molecule has 0 saturated carbocycles. The number of esters is 1. The fourth-order valence-electron chi connectivity index (χ4n) is 3.58. The van der Waals surface area contributed by atoms with Crippen molar-refractivity contribution in [3.63, 3.8) is 0 Å². The van der Waals surface area contributed by atoms with Gasteiger partial charge in [0, 0.05) is 17.6 Å². The van der Waals surface area contributed by atoms with Crippen molar-refractivity contribution >= 4 is 39.9 Å². The van der Waals surface area contributed by atoms with Crippen LogP contribution in [0.1, 0.15) is 39.2 Å². The largest absolute Gasteiger partial charge is 0.456 e. The lowest BCUT2D eigenvalue weighted by atomic mass is 10.2. The van der Waals surface area contributed by atoms with Crippen molar-refractivity contribution in [2.24, 2.45) is 0 Å². The van der Waals surface area contributed by atoms with Gasteiger partial charge < -0.3 is 14.6 Å². The molecule has 9 heteroatoms. The molecular weight excluding hydrogens is 452 g/mol. The van der Waals surface area contributed by atoms with Gasteiger partial charge in [0.1, 0.15) is 17.3 Å². The van der Waals surface area contributed by atoms with E-state index in [4.69, 9.17) is 4.74 Å². The Morgan fingerprint density at radius 3 is 2.68 bits per heavy atom. The van der Waals surface area contributed by atoms with Crippen LogP contribution in [0, 0.1) is 13.8 Å². The van der Waals surface area contributed by atoms with Gasteiger partial charge in [-0.1, -0.05) is 18.2 Å². The fraction of sp³-hybridized carbons (Fsp3) is 0.240. The number of fused-ring (bicyclic) bond motifs is 1. The Balaban J connectivity index is 1.38. The maximum Gasteiger partial charge on any atom is 0.338 e. The summed E-state index contributed by atoms with van der Waals surface area (Å²) in [6.45, 7) is 5.98. The van der Waals surface area contributed by atoms with E-state index in [0.29, 0.717) is 39.5 Å². The lowest BCUT2D eigenvalue weighted by molar-refractivity contribution is -0.115. The van der Waals surface area contributed by atoms with Crippen molar-refractivity contribution in [3.05, 3.63) is 85.7 Å². The van der Waals surface area contributed by atoms with Gasteiger partial charge >= 0.3 is 5.97 Å². The third-order valence-corrected chi connectivity index (χ3v) is 6.24. The first kappa shape index (κ1) is 23.3. The molecule has 2 aromatic heterocycles. The van der Waals surface area contributed by atoms with E-state index in [1.165, 1.54) is 11.3 Å². The molecule has 0 aliphatic heterocycles. The molecule has 0 unspecified atom stereocenters. The number of carbonyl (C=O) groups is 2. The molecule has 0 bridgehead atoms. The quantitative estimate of drug-likeness (QED) is 0.404. The normalized spacial score (nSPS) is 10.9. The zero-order valence-corrected chi connectivity index (χ0v) is 19.9. The van der Waals surface area contributed by atoms with E-state index in [1.54, 1.807) is 35.1 Å². The number of aryl methyl sites for hydroxylation is 3. The van der Waals surface area contributed by atoms with E-state index < -0.39 is 5.97 Å². The highest BCUT2D eigenvalue weighted by Gasteiger charge is 2.14. The Morgan fingerprint density at radius 1 is 1.12 bits per heavy atom. The minimum atomic E-state index is -0.512. The Hall–Kier alpha value is -3.85. The van der Waals surface area contributed by atoms with Gasteiger partial charge in [-0.3, -0.25) is 9.59 Å². The molecule has 34 heavy (non-hydrogen) atoms. The summed E-state index contributed by atoms with van der Waals surface area (Å²) in [5, 5.41) is 5.30. The highest BCUT2D eigenvalue weighted by atomic mass is 32.1. The molecule has 0 spiro atoms. The number of hydrogen-bond donors (Lipinski definition) is 1. The third kappa shape index (κ3) is 5.04. The van der Waals surface area contributed by atoms with Crippen molar-refractivity contribution in [2.75, 3.05) is 5.32 Å². The summed E-state index contributed by atoms with van der Waals surface area (Å²) in [4.78, 5) is 45.9. The maximum absolute atomic E-state index is 12.6. The van der Waals surface area contributed by atoms with Crippen molar-refractivity contribution in [3.8, 4) is 0 Å². The highest BCUT2D eigenvalue weighted by Crippen LogP contribution is 2.17. The molecule has 0 atom stereocenters. The van der Waals surface area contributed by atoms with Crippen molar-refractivity contribution in [1.29, 1.82) is 0 Å². The lowest BCUT2D eigenvalue weighted by Gasteiger charge is -2.10. The topological polar surface area (TPSA) is 103 Å². The summed E-state index contributed by atoms with van der Waals surface area (Å²) in [7, 11) is 0. The lowest BCUT2D eigenvalue weighted by Crippen LogP contribution is -2.23. The minimum Gasteiger partial charge on any atom is -0.456 e. The van der Waals surface area contributed by atoms with E-state index in [0.717, 1.165) is 11.3 Å². The van der Waals surface area contributed by atoms with Gasteiger partial charge in [-0.2, -0.15) is 0 Å². The number of ether oxygens (including phenoxy) is 1. The van der Waals surface area contributed by atoms with Crippen LogP contribution in [0.15, 0.2) is 52.6 Å². The number of thiazole rings is 1. The number of para-hydroxylation sites is 1. The monoisotopic (exact) mass is 476 g/mol. The Bertz CT molecular complexity index is 1440. The van der Waals surface area contributed by atoms with Crippen molar-refractivity contribution in [2.45, 2.75) is 40.3 Å². The van der Waals surface area contributed by atoms with E-state index in [-0.39, 0.29) is 24.5 Å². The van der Waals surface area contributed by atoms with E-state index in [9.17, 15) is 14.4 Å². The molecule has 1 N–H and O–H groups in total. The molecule has 0 radical (unpaired) electrons. The number of rotatable bonds is 7. The zero-order chi connectivity index (χ0) is 24.2. The van der Waals surface area contributed by atoms with Gasteiger partial charge in [-0.15, -0.1) is 11.3 Å². The number of aromatic nitrogens is 3. The average molecular weight is 477 g/mol. The Morgan fingerprint density at radius 2 is 1.91 bits per heavy atom. The number of carbonyl (C=O) groups excluding carboxylic acids is 2. The summed E-state index contributed by atoms with van der Waals surface area (Å²) in [5.41, 5.74) is 4.14. The molecule has 0 saturated heterocycles. The summed E-state index contributed by atoms with van der Waals surface area (Å²) in [6.07, 6.45) is 0.141. The van der Waals surface area contributed by atoms with Crippen LogP contribution in [-0.2, 0) is 29.1 Å². The number of nitrogens with one attached hydrogen (secondary N) is 1. The molecule has 2 heterocycles. The number of nitrogens with zero attached hydrogens (tertiary/aromatic N) is 3. The van der Waals surface area contributed by atoms with Crippen LogP contribution in [0.25, 0.3) is 11.0 Å². The molecule has 0 fully saturated rings. The average Bonchev–Trinajstić information content (AvgIpc) is 3.26. The smallest absolute Gasteiger partial charge is 0.338 e. The van der Waals surface area contributed by atoms with Crippen LogP contribution in [0.3, 0.4) is 0 Å². The van der Waals surface area contributed by atoms with Gasteiger partial charge in [0.25, 0.3) is 5.56 Å². The van der Waals surface area contributed by atoms with Gasteiger partial charge in [0.05, 0.1) is 28.7 Å². The number of anilines is 1. The molecule has 8 nitrogen and oxygen atoms in total. The second kappa shape index (κ2) is 9.96. The van der Waals surface area contributed by atoms with Crippen LogP contribution in [0.2, 0.25) is 0 Å². The first-order valence-electron chi connectivity index (χ1n) is 10.8. The minimum absolute atomic E-state index is 0.00625. The molecule has 4 aromatic rings. The second-order valence-corrected chi connectivity index (χ2v) is 8.74. The van der Waals surface area contributed by atoms with Crippen molar-refractivity contribution < 1.29 is 14.3 Å². The summed E-state index contributed by atoms with van der Waals surface area (Å²) in [5.74, 6) is -0.667. The van der Waals surface area contributed by atoms with Crippen molar-refractivity contribution in [1.82, 2.24) is 14.5 Å². The van der Waals surface area contributed by atoms with Crippen LogP contribution in [0.5, 0.6) is 0 Å². The molecule has 174 valence electrons. The first-order chi connectivity index (χ1) is 16.4. The zero-order valence-electron chi connectivity index (χ0n) is 19.1. The number of amides is 1. The SMILES string of the molecule is CCn1c(=O)c(C)nc2cc(C(=O)OCc3csc(CC(=O)Nc4ccccc4C)n3)ccc21. The van der Waals surface area contributed by atoms with Gasteiger partial charge in [0.2, 0.25) is 5.91 Å². The second-order valence-electron chi connectivity index (χ2n) is 7.80. The van der Waals surface area contributed by atoms with Gasteiger partial charge in [-0.25, -0.2) is 14.8 Å². The van der Waals surface area contributed by atoms with Gasteiger partial charge in [-0.05, 0) is 50.6 Å². The third-order valence-electron chi connectivity index (χ3n) is 5.34. The predicted molar refractivity (Wildman–Crippen MR) is 131 cm³/mol. The van der Waals surface area contributed by atoms with Crippen LogP contribution >= 0.6 is 11.3 Å². The molecule has 0 aliphatic rings. The van der Waals surface area contributed by atoms with Crippen LogP contribution in [0.4, 0.5) is 5.69 Å². The summed E-state index contributed by atoms with van der Waals surface area (Å²) in [6, 6.07) is 12.5. The maximum atomic E-state index is 12.6. The first-order valence-corrected chi connectivity index (χ1v) is 11.7. The number of hydrogen-bond acceptors (Lipinski definition) is 7. The van der Waals surface area contributed by atoms with Gasteiger partial charge in [0.15, 0.2) is 0 Å². The molecule has 4 rings (SSSR count). The van der Waals surface area contributed by atoms with Crippen LogP contribution in [-0.4, -0.2) is 26.4 Å². The van der Waals surface area contributed by atoms with E-state index in [1.807, 2.05) is 38.1 Å². The van der Waals surface area contributed by atoms with E-state index in [2.05, 4.69) is 15.3 Å². The molecule has 2 aromatic carbocycles. The van der Waals surface area contributed by atoms with E-state index >= 15 is 0 Å². The molecular formula is C25H24N4O4S. The van der Waals surface area contributed by atoms with Crippen LogP contribution < -0.4 is 10.9 Å². The molecule has 0 aliphatic carbocycles. The Labute approximate surface area is 200 Å². The summed E-state index contributed by atoms with van der Waals surface area (Å²) < 4.78 is 7.04. The number of benzene rings is 2. The predicted octanol–water partition coefficient (Wildman–Crippen LogP) is 4.03. The Kier molecular flexibility index (Phi) is 6.83. The molecule has 1 amide bonds. The highest BCUT2D eigenvalue weighted by molar-refractivity contribution is 7.09. The standard InChI is InChI=1S/C25H24N4O4S/c1-4-29-21-10-9-17(11-20(21)26-16(3)24(29)31)25(32)33-13-18-14-34-23(27-18)12-22(30)28-19-8-6-5-7-15(19)2/h5-11,14H,4,12-13H2,1-3H3,(H,28,30). The fourth-order valence-corrected chi connectivity index (χ4v) is 4.36.